The van der Waals surface area contributed by atoms with E-state index in [4.69, 9.17) is 0 Å². The van der Waals surface area contributed by atoms with Gasteiger partial charge in [0, 0.05) is 12.6 Å². The van der Waals surface area contributed by atoms with Crippen LogP contribution in [-0.4, -0.2) is 23.7 Å². The highest BCUT2D eigenvalue weighted by atomic mass is 79.9. The number of hydrogen-bond acceptors (Lipinski definition) is 3. The molecule has 1 aromatic heterocycles. The normalized spacial score (nSPS) is 11.7. The molecule has 2 rings (SSSR count). The molecule has 0 radical (unpaired) electrons. The summed E-state index contributed by atoms with van der Waals surface area (Å²) < 4.78 is 26.0. The molecule has 0 amide bonds. The summed E-state index contributed by atoms with van der Waals surface area (Å²) >= 11 is 3.38. The van der Waals surface area contributed by atoms with E-state index in [0.717, 1.165) is 15.9 Å². The van der Waals surface area contributed by atoms with Crippen molar-refractivity contribution in [2.75, 3.05) is 5.75 Å². The van der Waals surface area contributed by atoms with Crippen molar-refractivity contribution in [1.29, 1.82) is 0 Å². The smallest absolute Gasteiger partial charge is 0.178 e. The lowest BCUT2D eigenvalue weighted by atomic mass is 10.2. The number of nitrogens with zero attached hydrogens (tertiary/aromatic N) is 2. The van der Waals surface area contributed by atoms with Crippen molar-refractivity contribution in [3.63, 3.8) is 0 Å². The lowest BCUT2D eigenvalue weighted by molar-refractivity contribution is 0.597. The molecule has 0 bridgehead atoms. The fourth-order valence-corrected chi connectivity index (χ4v) is 3.20. The van der Waals surface area contributed by atoms with Crippen LogP contribution < -0.4 is 0 Å². The van der Waals surface area contributed by atoms with Crippen molar-refractivity contribution in [2.45, 2.75) is 11.8 Å². The number of hydrogen-bond donors (Lipinski definition) is 0. The molecule has 2 aromatic rings. The van der Waals surface area contributed by atoms with Crippen LogP contribution in [0.25, 0.3) is 11.3 Å². The molecule has 0 N–H and O–H groups in total. The first-order valence-electron chi connectivity index (χ1n) is 5.45. The number of rotatable bonds is 3. The maximum absolute atomic E-state index is 11.7. The molecule has 4 nitrogen and oxygen atoms in total. The van der Waals surface area contributed by atoms with Crippen molar-refractivity contribution in [3.8, 4) is 11.3 Å². The standard InChI is InChI=1S/C12H13BrN2O2S/c1-3-18(16,17)10-6-4-9(5-7-10)11-12(13)14-8-15(11)2/h4-8H,3H2,1-2H3. The van der Waals surface area contributed by atoms with Crippen molar-refractivity contribution in [3.05, 3.63) is 35.2 Å². The Hall–Kier alpha value is -1.14. The fourth-order valence-electron chi connectivity index (χ4n) is 1.71. The van der Waals surface area contributed by atoms with Gasteiger partial charge in [-0.1, -0.05) is 19.1 Å². The minimum atomic E-state index is -3.14. The summed E-state index contributed by atoms with van der Waals surface area (Å²) in [7, 11) is -1.25. The summed E-state index contributed by atoms with van der Waals surface area (Å²) in [6.07, 6.45) is 1.70. The van der Waals surface area contributed by atoms with E-state index >= 15 is 0 Å². The Labute approximate surface area is 115 Å². The van der Waals surface area contributed by atoms with Crippen LogP contribution >= 0.6 is 15.9 Å². The highest BCUT2D eigenvalue weighted by molar-refractivity contribution is 9.10. The zero-order valence-electron chi connectivity index (χ0n) is 10.1. The van der Waals surface area contributed by atoms with Gasteiger partial charge in [0.2, 0.25) is 0 Å². The van der Waals surface area contributed by atoms with Gasteiger partial charge in [-0.15, -0.1) is 0 Å². The van der Waals surface area contributed by atoms with E-state index in [-0.39, 0.29) is 5.75 Å². The first kappa shape index (κ1) is 13.3. The van der Waals surface area contributed by atoms with Gasteiger partial charge in [0.15, 0.2) is 9.84 Å². The van der Waals surface area contributed by atoms with Gasteiger partial charge in [-0.2, -0.15) is 0 Å². The average Bonchev–Trinajstić information content (AvgIpc) is 2.69. The monoisotopic (exact) mass is 328 g/mol. The van der Waals surface area contributed by atoms with Crippen molar-refractivity contribution >= 4 is 25.8 Å². The van der Waals surface area contributed by atoms with E-state index in [2.05, 4.69) is 20.9 Å². The highest BCUT2D eigenvalue weighted by Crippen LogP contribution is 2.27. The Bertz CT molecular complexity index is 640. The van der Waals surface area contributed by atoms with Crippen molar-refractivity contribution in [2.24, 2.45) is 7.05 Å². The third-order valence-corrected chi connectivity index (χ3v) is 5.09. The second-order valence-electron chi connectivity index (χ2n) is 3.92. The van der Waals surface area contributed by atoms with Crippen LogP contribution in [0.4, 0.5) is 0 Å². The number of aromatic nitrogens is 2. The zero-order chi connectivity index (χ0) is 13.3. The van der Waals surface area contributed by atoms with Crippen molar-refractivity contribution < 1.29 is 8.42 Å². The topological polar surface area (TPSA) is 52.0 Å². The van der Waals surface area contributed by atoms with Crippen LogP contribution in [0.1, 0.15) is 6.92 Å². The van der Waals surface area contributed by atoms with Gasteiger partial charge in [-0.05, 0) is 28.1 Å². The average molecular weight is 329 g/mol. The lowest BCUT2D eigenvalue weighted by Crippen LogP contribution is -2.03. The maximum Gasteiger partial charge on any atom is 0.178 e. The number of sulfone groups is 1. The van der Waals surface area contributed by atoms with Crippen LogP contribution in [0, 0.1) is 0 Å². The van der Waals surface area contributed by atoms with E-state index in [0.29, 0.717) is 4.90 Å². The first-order valence-corrected chi connectivity index (χ1v) is 7.90. The highest BCUT2D eigenvalue weighted by Gasteiger charge is 2.13. The molecule has 0 atom stereocenters. The second-order valence-corrected chi connectivity index (χ2v) is 6.95. The molecule has 96 valence electrons. The number of imidazole rings is 1. The van der Waals surface area contributed by atoms with Gasteiger partial charge in [0.05, 0.1) is 22.7 Å². The molecule has 0 saturated carbocycles. The van der Waals surface area contributed by atoms with Gasteiger partial charge in [0.1, 0.15) is 4.60 Å². The minimum Gasteiger partial charge on any atom is -0.333 e. The predicted octanol–water partition coefficient (Wildman–Crippen LogP) is 2.64. The molecular formula is C12H13BrN2O2S. The molecular weight excluding hydrogens is 316 g/mol. The summed E-state index contributed by atoms with van der Waals surface area (Å²) in [5.74, 6) is 0.113. The quantitative estimate of drug-likeness (QED) is 0.870. The summed E-state index contributed by atoms with van der Waals surface area (Å²) in [4.78, 5) is 4.50. The van der Waals surface area contributed by atoms with Gasteiger partial charge in [-0.25, -0.2) is 13.4 Å². The molecule has 0 spiro atoms. The van der Waals surface area contributed by atoms with Crippen LogP contribution in [-0.2, 0) is 16.9 Å². The van der Waals surface area contributed by atoms with Crippen LogP contribution in [0.15, 0.2) is 40.1 Å². The van der Waals surface area contributed by atoms with Gasteiger partial charge < -0.3 is 4.57 Å². The van der Waals surface area contributed by atoms with E-state index < -0.39 is 9.84 Å². The van der Waals surface area contributed by atoms with E-state index in [1.54, 1.807) is 37.5 Å². The Morgan fingerprint density at radius 2 is 1.89 bits per heavy atom. The first-order chi connectivity index (χ1) is 8.45. The molecule has 1 aromatic carbocycles. The Kier molecular flexibility index (Phi) is 3.59. The van der Waals surface area contributed by atoms with E-state index in [9.17, 15) is 8.42 Å². The Balaban J connectivity index is 2.46. The third kappa shape index (κ3) is 2.35. The van der Waals surface area contributed by atoms with Crippen LogP contribution in [0.2, 0.25) is 0 Å². The Morgan fingerprint density at radius 3 is 2.33 bits per heavy atom. The molecule has 0 saturated heterocycles. The summed E-state index contributed by atoms with van der Waals surface area (Å²) in [5, 5.41) is 0. The third-order valence-electron chi connectivity index (χ3n) is 2.76. The number of halogens is 1. The molecule has 0 fully saturated rings. The van der Waals surface area contributed by atoms with Crippen molar-refractivity contribution in [1.82, 2.24) is 9.55 Å². The largest absolute Gasteiger partial charge is 0.333 e. The van der Waals surface area contributed by atoms with E-state index in [1.165, 1.54) is 0 Å². The number of aryl methyl sites for hydroxylation is 1. The fraction of sp³-hybridized carbons (Fsp3) is 0.250. The van der Waals surface area contributed by atoms with E-state index in [1.807, 2.05) is 11.6 Å². The SMILES string of the molecule is CCS(=O)(=O)c1ccc(-c2c(Br)ncn2C)cc1. The molecule has 0 aliphatic rings. The zero-order valence-corrected chi connectivity index (χ0v) is 12.5. The van der Waals surface area contributed by atoms with Gasteiger partial charge >= 0.3 is 0 Å². The van der Waals surface area contributed by atoms with Crippen LogP contribution in [0.3, 0.4) is 0 Å². The number of benzene rings is 1. The summed E-state index contributed by atoms with van der Waals surface area (Å²) in [6.45, 7) is 1.64. The lowest BCUT2D eigenvalue weighted by Gasteiger charge is -2.05. The second kappa shape index (κ2) is 4.85. The van der Waals surface area contributed by atoms with Crippen LogP contribution in [0.5, 0.6) is 0 Å². The molecule has 0 unspecified atom stereocenters. The molecule has 1 heterocycles. The predicted molar refractivity (Wildman–Crippen MR) is 74.1 cm³/mol. The molecule has 6 heteroatoms. The molecule has 0 aliphatic carbocycles. The Morgan fingerprint density at radius 1 is 1.28 bits per heavy atom. The molecule has 18 heavy (non-hydrogen) atoms. The molecule has 0 aliphatic heterocycles. The van der Waals surface area contributed by atoms with Gasteiger partial charge in [-0.3, -0.25) is 0 Å². The minimum absolute atomic E-state index is 0.113. The summed E-state index contributed by atoms with van der Waals surface area (Å²) in [5.41, 5.74) is 1.85. The summed E-state index contributed by atoms with van der Waals surface area (Å²) in [6, 6.07) is 6.86. The van der Waals surface area contributed by atoms with Gasteiger partial charge in [0.25, 0.3) is 0 Å². The maximum atomic E-state index is 11.7.